The first-order valence-electron chi connectivity index (χ1n) is 4.52. The molecule has 2 atom stereocenters. The van der Waals surface area contributed by atoms with Crippen molar-refractivity contribution in [3.05, 3.63) is 24.2 Å². The molecule has 1 aromatic rings. The van der Waals surface area contributed by atoms with Gasteiger partial charge in [-0.3, -0.25) is 0 Å². The molecule has 3 heteroatoms. The average molecular weight is 183 g/mol. The molecule has 2 unspecified atom stereocenters. The molecule has 0 aliphatic carbocycles. The third-order valence-electron chi connectivity index (χ3n) is 2.12. The molecule has 0 saturated heterocycles. The van der Waals surface area contributed by atoms with E-state index in [2.05, 4.69) is 0 Å². The summed E-state index contributed by atoms with van der Waals surface area (Å²) in [4.78, 5) is 0. The van der Waals surface area contributed by atoms with Crippen LogP contribution in [0.25, 0.3) is 0 Å². The number of hydrogen-bond acceptors (Lipinski definition) is 3. The molecule has 2 N–H and O–H groups in total. The first-order valence-corrected chi connectivity index (χ1v) is 4.52. The highest BCUT2D eigenvalue weighted by Crippen LogP contribution is 2.07. The second-order valence-corrected chi connectivity index (χ2v) is 3.38. The fraction of sp³-hybridized carbons (Fsp3) is 0.600. The van der Waals surface area contributed by atoms with Gasteiger partial charge in [-0.25, -0.2) is 0 Å². The van der Waals surface area contributed by atoms with Crippen LogP contribution in [-0.2, 0) is 11.2 Å². The normalized spacial score (nSPS) is 15.6. The van der Waals surface area contributed by atoms with Crippen LogP contribution in [0.5, 0.6) is 0 Å². The Morgan fingerprint density at radius 1 is 1.62 bits per heavy atom. The maximum Gasteiger partial charge on any atom is 0.0935 e. The molecule has 1 aromatic heterocycles. The van der Waals surface area contributed by atoms with Crippen molar-refractivity contribution < 1.29 is 9.15 Å². The van der Waals surface area contributed by atoms with Gasteiger partial charge in [0, 0.05) is 13.2 Å². The van der Waals surface area contributed by atoms with Gasteiger partial charge in [-0.2, -0.15) is 0 Å². The molecule has 0 aromatic carbocycles. The molecular weight excluding hydrogens is 166 g/mol. The molecule has 1 heterocycles. The Kier molecular flexibility index (Phi) is 3.99. The summed E-state index contributed by atoms with van der Waals surface area (Å²) in [5.41, 5.74) is 7.07. The Bertz CT molecular complexity index is 221. The van der Waals surface area contributed by atoms with E-state index >= 15 is 0 Å². The molecular formula is C10H17NO2. The van der Waals surface area contributed by atoms with Crippen LogP contribution in [0.15, 0.2) is 23.0 Å². The Morgan fingerprint density at radius 3 is 2.92 bits per heavy atom. The van der Waals surface area contributed by atoms with E-state index in [9.17, 15) is 0 Å². The zero-order valence-corrected chi connectivity index (χ0v) is 8.19. The number of nitrogens with two attached hydrogens (primary N) is 1. The number of rotatable bonds is 5. The van der Waals surface area contributed by atoms with Gasteiger partial charge in [0.15, 0.2) is 0 Å². The van der Waals surface area contributed by atoms with E-state index in [1.54, 1.807) is 19.6 Å². The molecule has 3 nitrogen and oxygen atoms in total. The zero-order valence-electron chi connectivity index (χ0n) is 8.19. The fourth-order valence-electron chi connectivity index (χ4n) is 1.32. The Hall–Kier alpha value is -0.800. The topological polar surface area (TPSA) is 48.4 Å². The van der Waals surface area contributed by atoms with Crippen molar-refractivity contribution in [1.29, 1.82) is 0 Å². The summed E-state index contributed by atoms with van der Waals surface area (Å²) >= 11 is 0. The molecule has 0 spiro atoms. The number of ether oxygens (including phenoxy) is 1. The first-order chi connectivity index (χ1) is 6.22. The van der Waals surface area contributed by atoms with E-state index in [0.29, 0.717) is 0 Å². The van der Waals surface area contributed by atoms with Crippen LogP contribution in [-0.4, -0.2) is 19.3 Å². The van der Waals surface area contributed by atoms with Gasteiger partial charge in [0.05, 0.1) is 18.6 Å². The fourth-order valence-corrected chi connectivity index (χ4v) is 1.32. The van der Waals surface area contributed by atoms with Gasteiger partial charge in [-0.05, 0) is 31.4 Å². The zero-order chi connectivity index (χ0) is 9.68. The molecule has 1 rings (SSSR count). The largest absolute Gasteiger partial charge is 0.472 e. The van der Waals surface area contributed by atoms with Crippen LogP contribution in [0.2, 0.25) is 0 Å². The molecule has 0 aliphatic rings. The van der Waals surface area contributed by atoms with Gasteiger partial charge in [0.1, 0.15) is 0 Å². The van der Waals surface area contributed by atoms with Crippen LogP contribution in [0.1, 0.15) is 18.9 Å². The van der Waals surface area contributed by atoms with E-state index in [1.165, 1.54) is 0 Å². The first kappa shape index (κ1) is 10.3. The SMILES string of the molecule is COC(C)CC(N)Cc1ccoc1. The highest BCUT2D eigenvalue weighted by atomic mass is 16.5. The van der Waals surface area contributed by atoms with E-state index in [4.69, 9.17) is 14.9 Å². The second kappa shape index (κ2) is 5.04. The van der Waals surface area contributed by atoms with Crippen LogP contribution in [0.3, 0.4) is 0 Å². The summed E-state index contributed by atoms with van der Waals surface area (Å²) in [6, 6.07) is 2.09. The maximum absolute atomic E-state index is 5.92. The monoisotopic (exact) mass is 183 g/mol. The van der Waals surface area contributed by atoms with Crippen molar-refractivity contribution in [2.24, 2.45) is 5.73 Å². The van der Waals surface area contributed by atoms with Crippen LogP contribution >= 0.6 is 0 Å². The lowest BCUT2D eigenvalue weighted by Gasteiger charge is -2.14. The lowest BCUT2D eigenvalue weighted by atomic mass is 10.0. The predicted octanol–water partition coefficient (Wildman–Crippen LogP) is 1.57. The summed E-state index contributed by atoms with van der Waals surface area (Å²) in [5.74, 6) is 0. The Balaban J connectivity index is 2.29. The number of furan rings is 1. The smallest absolute Gasteiger partial charge is 0.0935 e. The van der Waals surface area contributed by atoms with E-state index < -0.39 is 0 Å². The second-order valence-electron chi connectivity index (χ2n) is 3.38. The quantitative estimate of drug-likeness (QED) is 0.753. The van der Waals surface area contributed by atoms with Crippen LogP contribution in [0, 0.1) is 0 Å². The third kappa shape index (κ3) is 3.61. The molecule has 0 radical (unpaired) electrons. The predicted molar refractivity (Wildman–Crippen MR) is 51.5 cm³/mol. The Labute approximate surface area is 78.9 Å². The van der Waals surface area contributed by atoms with Crippen molar-refractivity contribution in [3.63, 3.8) is 0 Å². The van der Waals surface area contributed by atoms with E-state index in [-0.39, 0.29) is 12.1 Å². The summed E-state index contributed by atoms with van der Waals surface area (Å²) in [6.07, 6.45) is 5.35. The van der Waals surface area contributed by atoms with Gasteiger partial charge < -0.3 is 14.9 Å². The highest BCUT2D eigenvalue weighted by molar-refractivity contribution is 5.07. The summed E-state index contributed by atoms with van der Waals surface area (Å²) < 4.78 is 10.1. The van der Waals surface area contributed by atoms with Crippen molar-refractivity contribution in [3.8, 4) is 0 Å². The van der Waals surface area contributed by atoms with Gasteiger partial charge in [0.2, 0.25) is 0 Å². The molecule has 0 aliphatic heterocycles. The van der Waals surface area contributed by atoms with Crippen LogP contribution in [0.4, 0.5) is 0 Å². The maximum atomic E-state index is 5.92. The summed E-state index contributed by atoms with van der Waals surface area (Å²) in [7, 11) is 1.70. The number of methoxy groups -OCH3 is 1. The minimum absolute atomic E-state index is 0.146. The van der Waals surface area contributed by atoms with Gasteiger partial charge in [0.25, 0.3) is 0 Å². The average Bonchev–Trinajstić information content (AvgIpc) is 2.56. The van der Waals surface area contributed by atoms with Crippen molar-refractivity contribution >= 4 is 0 Å². The molecule has 0 saturated carbocycles. The summed E-state index contributed by atoms with van der Waals surface area (Å²) in [5, 5.41) is 0. The molecule has 13 heavy (non-hydrogen) atoms. The molecule has 74 valence electrons. The van der Waals surface area contributed by atoms with Crippen molar-refractivity contribution in [2.75, 3.05) is 7.11 Å². The number of hydrogen-bond donors (Lipinski definition) is 1. The molecule has 0 bridgehead atoms. The van der Waals surface area contributed by atoms with Crippen LogP contribution < -0.4 is 5.73 Å². The standard InChI is InChI=1S/C10H17NO2/c1-8(12-2)5-10(11)6-9-3-4-13-7-9/h3-4,7-8,10H,5-6,11H2,1-2H3. The van der Waals surface area contributed by atoms with Gasteiger partial charge in [-0.15, -0.1) is 0 Å². The Morgan fingerprint density at radius 2 is 2.38 bits per heavy atom. The molecule has 0 amide bonds. The molecule has 0 fully saturated rings. The third-order valence-corrected chi connectivity index (χ3v) is 2.12. The highest BCUT2D eigenvalue weighted by Gasteiger charge is 2.09. The van der Waals surface area contributed by atoms with E-state index in [0.717, 1.165) is 18.4 Å². The summed E-state index contributed by atoms with van der Waals surface area (Å²) in [6.45, 7) is 2.02. The van der Waals surface area contributed by atoms with E-state index in [1.807, 2.05) is 13.0 Å². The lowest BCUT2D eigenvalue weighted by Crippen LogP contribution is -2.27. The minimum atomic E-state index is 0.146. The van der Waals surface area contributed by atoms with Gasteiger partial charge >= 0.3 is 0 Å². The van der Waals surface area contributed by atoms with Gasteiger partial charge in [-0.1, -0.05) is 0 Å². The minimum Gasteiger partial charge on any atom is -0.472 e. The van der Waals surface area contributed by atoms with Crippen molar-refractivity contribution in [2.45, 2.75) is 31.9 Å². The van der Waals surface area contributed by atoms with Crippen molar-refractivity contribution in [1.82, 2.24) is 0 Å². The lowest BCUT2D eigenvalue weighted by molar-refractivity contribution is 0.104.